The molecule has 7 heteroatoms. The van der Waals surface area contributed by atoms with Gasteiger partial charge in [-0.2, -0.15) is 5.10 Å². The van der Waals surface area contributed by atoms with Crippen molar-refractivity contribution in [1.29, 1.82) is 0 Å². The summed E-state index contributed by atoms with van der Waals surface area (Å²) < 4.78 is 5.72. The number of nitrogens with one attached hydrogen (secondary N) is 2. The highest BCUT2D eigenvalue weighted by molar-refractivity contribution is 6.04. The third-order valence-corrected chi connectivity index (χ3v) is 3.48. The molecule has 1 aromatic rings. The summed E-state index contributed by atoms with van der Waals surface area (Å²) in [6.45, 7) is 2.72. The van der Waals surface area contributed by atoms with Gasteiger partial charge in [0.25, 0.3) is 5.91 Å². The lowest BCUT2D eigenvalue weighted by Gasteiger charge is -2.17. The predicted molar refractivity (Wildman–Crippen MR) is 87.1 cm³/mol. The number of benzene rings is 1. The summed E-state index contributed by atoms with van der Waals surface area (Å²) >= 11 is 0. The van der Waals surface area contributed by atoms with Crippen molar-refractivity contribution in [2.24, 2.45) is 10.8 Å². The average molecular weight is 318 g/mol. The minimum Gasteiger partial charge on any atom is -0.481 e. The van der Waals surface area contributed by atoms with Gasteiger partial charge in [-0.05, 0) is 36.2 Å². The van der Waals surface area contributed by atoms with E-state index in [1.54, 1.807) is 12.1 Å². The maximum Gasteiger partial charge on any atom is 0.261 e. The van der Waals surface area contributed by atoms with E-state index in [2.05, 4.69) is 15.8 Å². The van der Waals surface area contributed by atoms with Crippen molar-refractivity contribution in [2.45, 2.75) is 32.3 Å². The molecule has 0 saturated carbocycles. The van der Waals surface area contributed by atoms with Gasteiger partial charge in [-0.3, -0.25) is 9.59 Å². The smallest absolute Gasteiger partial charge is 0.261 e. The Hall–Kier alpha value is -2.41. The van der Waals surface area contributed by atoms with Gasteiger partial charge >= 0.3 is 0 Å². The molecule has 1 heterocycles. The maximum atomic E-state index is 11.9. The summed E-state index contributed by atoms with van der Waals surface area (Å²) in [5, 5.41) is 6.77. The zero-order valence-corrected chi connectivity index (χ0v) is 13.2. The zero-order valence-electron chi connectivity index (χ0n) is 13.2. The highest BCUT2D eigenvalue weighted by Crippen LogP contribution is 2.17. The van der Waals surface area contributed by atoms with Crippen LogP contribution in [0.15, 0.2) is 29.4 Å². The molecular formula is C16H22N4O3. The number of carbonyl (C=O) groups is 2. The van der Waals surface area contributed by atoms with Crippen molar-refractivity contribution in [3.05, 3.63) is 29.8 Å². The molecule has 7 nitrogen and oxygen atoms in total. The van der Waals surface area contributed by atoms with Crippen LogP contribution in [-0.2, 0) is 9.59 Å². The summed E-state index contributed by atoms with van der Waals surface area (Å²) in [5.74, 6) is 0.383. The second kappa shape index (κ2) is 8.28. The highest BCUT2D eigenvalue weighted by atomic mass is 16.5. The molecule has 0 saturated heterocycles. The number of amides is 2. The van der Waals surface area contributed by atoms with Gasteiger partial charge in [0.05, 0.1) is 5.71 Å². The molecule has 0 radical (unpaired) electrons. The minimum atomic E-state index is -0.543. The first kappa shape index (κ1) is 17.0. The normalized spacial score (nSPS) is 15.4. The molecule has 0 aromatic heterocycles. The largest absolute Gasteiger partial charge is 0.481 e. The minimum absolute atomic E-state index is 0.0667. The fourth-order valence-corrected chi connectivity index (χ4v) is 2.20. The molecule has 0 aliphatic carbocycles. The van der Waals surface area contributed by atoms with Crippen LogP contribution in [0.1, 0.15) is 31.7 Å². The second-order valence-corrected chi connectivity index (χ2v) is 5.21. The van der Waals surface area contributed by atoms with Gasteiger partial charge in [-0.1, -0.05) is 6.92 Å². The number of rotatable bonds is 7. The van der Waals surface area contributed by atoms with E-state index in [1.807, 2.05) is 19.1 Å². The molecular weight excluding hydrogens is 296 g/mol. The molecule has 124 valence electrons. The summed E-state index contributed by atoms with van der Waals surface area (Å²) in [4.78, 5) is 23.0. The molecule has 1 aromatic carbocycles. The van der Waals surface area contributed by atoms with E-state index in [0.717, 1.165) is 11.3 Å². The third-order valence-electron chi connectivity index (χ3n) is 3.48. The van der Waals surface area contributed by atoms with Gasteiger partial charge in [0, 0.05) is 25.9 Å². The standard InChI is InChI=1S/C16H22N4O3/c1-2-14(16(22)18-10-9-17)23-12-5-3-11(4-6-12)13-7-8-15(21)20-19-13/h3-6,14H,2,7-10,17H2,1H3,(H,18,22)(H,20,21). The highest BCUT2D eigenvalue weighted by Gasteiger charge is 2.18. The molecule has 1 aliphatic rings. The van der Waals surface area contributed by atoms with Crippen molar-refractivity contribution in [3.63, 3.8) is 0 Å². The first-order valence-corrected chi connectivity index (χ1v) is 7.74. The summed E-state index contributed by atoms with van der Waals surface area (Å²) in [6.07, 6.45) is 1.08. The summed E-state index contributed by atoms with van der Waals surface area (Å²) in [7, 11) is 0. The Kier molecular flexibility index (Phi) is 6.10. The van der Waals surface area contributed by atoms with Crippen LogP contribution in [0.4, 0.5) is 0 Å². The lowest BCUT2D eigenvalue weighted by molar-refractivity contribution is -0.128. The van der Waals surface area contributed by atoms with E-state index >= 15 is 0 Å². The first-order valence-electron chi connectivity index (χ1n) is 7.74. The Balaban J connectivity index is 1.98. The van der Waals surface area contributed by atoms with E-state index in [0.29, 0.717) is 38.1 Å². The third kappa shape index (κ3) is 4.79. The average Bonchev–Trinajstić information content (AvgIpc) is 2.59. The zero-order chi connectivity index (χ0) is 16.7. The number of carbonyl (C=O) groups excluding carboxylic acids is 2. The molecule has 23 heavy (non-hydrogen) atoms. The molecule has 1 unspecified atom stereocenters. The van der Waals surface area contributed by atoms with Crippen LogP contribution in [-0.4, -0.2) is 36.7 Å². The fraction of sp³-hybridized carbons (Fsp3) is 0.438. The monoisotopic (exact) mass is 318 g/mol. The number of hydrogen-bond donors (Lipinski definition) is 3. The Bertz CT molecular complexity index is 583. The molecule has 1 aliphatic heterocycles. The molecule has 2 rings (SSSR count). The first-order chi connectivity index (χ1) is 11.1. The molecule has 4 N–H and O–H groups in total. The van der Waals surface area contributed by atoms with Gasteiger partial charge in [-0.15, -0.1) is 0 Å². The van der Waals surface area contributed by atoms with Crippen molar-refractivity contribution < 1.29 is 14.3 Å². The lowest BCUT2D eigenvalue weighted by atomic mass is 10.0. The van der Waals surface area contributed by atoms with Crippen LogP contribution in [0.2, 0.25) is 0 Å². The van der Waals surface area contributed by atoms with Crippen molar-refractivity contribution in [3.8, 4) is 5.75 Å². The number of nitrogens with zero attached hydrogens (tertiary/aromatic N) is 1. The Morgan fingerprint density at radius 3 is 2.70 bits per heavy atom. The molecule has 1 atom stereocenters. The van der Waals surface area contributed by atoms with Crippen molar-refractivity contribution in [1.82, 2.24) is 10.7 Å². The lowest BCUT2D eigenvalue weighted by Crippen LogP contribution is -2.40. The van der Waals surface area contributed by atoms with E-state index in [9.17, 15) is 9.59 Å². The predicted octanol–water partition coefficient (Wildman–Crippen LogP) is 0.533. The summed E-state index contributed by atoms with van der Waals surface area (Å²) in [6, 6.07) is 7.34. The number of ether oxygens (including phenoxy) is 1. The Morgan fingerprint density at radius 2 is 2.13 bits per heavy atom. The SMILES string of the molecule is CCC(Oc1ccc(C2=NNC(=O)CC2)cc1)C(=O)NCCN. The summed E-state index contributed by atoms with van der Waals surface area (Å²) in [5.41, 5.74) is 9.62. The number of hydrogen-bond acceptors (Lipinski definition) is 5. The van der Waals surface area contributed by atoms with E-state index < -0.39 is 6.10 Å². The van der Waals surface area contributed by atoms with E-state index in [4.69, 9.17) is 10.5 Å². The molecule has 0 spiro atoms. The van der Waals surface area contributed by atoms with E-state index in [-0.39, 0.29) is 11.8 Å². The topological polar surface area (TPSA) is 106 Å². The van der Waals surface area contributed by atoms with Crippen molar-refractivity contribution in [2.75, 3.05) is 13.1 Å². The van der Waals surface area contributed by atoms with Gasteiger partial charge in [0.2, 0.25) is 5.91 Å². The maximum absolute atomic E-state index is 11.9. The van der Waals surface area contributed by atoms with Crippen LogP contribution >= 0.6 is 0 Å². The molecule has 2 amide bonds. The van der Waals surface area contributed by atoms with Crippen LogP contribution in [0.25, 0.3) is 0 Å². The van der Waals surface area contributed by atoms with Crippen LogP contribution < -0.4 is 21.2 Å². The molecule has 0 fully saturated rings. The number of nitrogens with two attached hydrogens (primary N) is 1. The van der Waals surface area contributed by atoms with Gasteiger partial charge in [-0.25, -0.2) is 5.43 Å². The molecule has 0 bridgehead atoms. The van der Waals surface area contributed by atoms with Crippen LogP contribution in [0.3, 0.4) is 0 Å². The quantitative estimate of drug-likeness (QED) is 0.682. The number of hydrazone groups is 1. The van der Waals surface area contributed by atoms with Gasteiger partial charge in [0.15, 0.2) is 6.10 Å². The van der Waals surface area contributed by atoms with Gasteiger partial charge < -0.3 is 15.8 Å². The second-order valence-electron chi connectivity index (χ2n) is 5.21. The van der Waals surface area contributed by atoms with E-state index in [1.165, 1.54) is 0 Å². The van der Waals surface area contributed by atoms with Crippen LogP contribution in [0, 0.1) is 0 Å². The fourth-order valence-electron chi connectivity index (χ4n) is 2.20. The Morgan fingerprint density at radius 1 is 1.39 bits per heavy atom. The van der Waals surface area contributed by atoms with Gasteiger partial charge in [0.1, 0.15) is 5.75 Å². The Labute approximate surface area is 135 Å². The van der Waals surface area contributed by atoms with Crippen molar-refractivity contribution >= 4 is 17.5 Å². The van der Waals surface area contributed by atoms with Crippen LogP contribution in [0.5, 0.6) is 5.75 Å².